The van der Waals surface area contributed by atoms with Crippen LogP contribution in [0.3, 0.4) is 0 Å². The van der Waals surface area contributed by atoms with Crippen LogP contribution in [0.4, 0.5) is 0 Å². The van der Waals surface area contributed by atoms with Crippen molar-refractivity contribution < 1.29 is 0 Å². The summed E-state index contributed by atoms with van der Waals surface area (Å²) < 4.78 is 9.11. The standard InChI is InChI=1S/C22H48N6Si2/c1-6-22(2)29-20-7-21-30(26-14-8-23(3)9-15-26,27-16-10-24(4)11-17-27)28-18-12-25(5)13-19-28/h6H,7-21,29H2,1-5H3. The second-order valence-corrected chi connectivity index (χ2v) is 16.3. The van der Waals surface area contributed by atoms with E-state index in [1.165, 1.54) is 97.0 Å². The number of nitrogens with zero attached hydrogens (tertiary/aromatic N) is 6. The average Bonchev–Trinajstić information content (AvgIpc) is 2.76. The van der Waals surface area contributed by atoms with Crippen molar-refractivity contribution in [1.82, 2.24) is 28.4 Å². The molecule has 3 saturated heterocycles. The van der Waals surface area contributed by atoms with Gasteiger partial charge >= 0.3 is 0 Å². The first-order valence-electron chi connectivity index (χ1n) is 12.4. The smallest absolute Gasteiger partial charge is 0.289 e. The lowest BCUT2D eigenvalue weighted by Crippen LogP contribution is -2.80. The van der Waals surface area contributed by atoms with E-state index < -0.39 is 8.56 Å². The predicted molar refractivity (Wildman–Crippen MR) is 135 cm³/mol. The fourth-order valence-electron chi connectivity index (χ4n) is 5.48. The first-order valence-corrected chi connectivity index (χ1v) is 16.1. The van der Waals surface area contributed by atoms with Gasteiger partial charge in [-0.05, 0) is 41.0 Å². The summed E-state index contributed by atoms with van der Waals surface area (Å²) in [6.45, 7) is 19.6. The monoisotopic (exact) mass is 452 g/mol. The third-order valence-electron chi connectivity index (χ3n) is 7.86. The largest absolute Gasteiger partial charge is 0.304 e. The molecule has 3 fully saturated rings. The quantitative estimate of drug-likeness (QED) is 0.393. The Morgan fingerprint density at radius 2 is 1.07 bits per heavy atom. The molecule has 0 saturated carbocycles. The summed E-state index contributed by atoms with van der Waals surface area (Å²) in [5.74, 6) is 0. The molecule has 6 nitrogen and oxygen atoms in total. The molecule has 0 aromatic rings. The van der Waals surface area contributed by atoms with Crippen molar-refractivity contribution in [3.05, 3.63) is 11.3 Å². The van der Waals surface area contributed by atoms with Crippen LogP contribution >= 0.6 is 0 Å². The van der Waals surface area contributed by atoms with Gasteiger partial charge in [-0.2, -0.15) is 0 Å². The van der Waals surface area contributed by atoms with Gasteiger partial charge in [0, 0.05) is 88.1 Å². The summed E-state index contributed by atoms with van der Waals surface area (Å²) in [7, 11) is 5.03. The zero-order valence-corrected chi connectivity index (χ0v) is 23.0. The van der Waals surface area contributed by atoms with E-state index in [1.807, 2.05) is 0 Å². The topological polar surface area (TPSA) is 19.4 Å². The van der Waals surface area contributed by atoms with E-state index in [2.05, 4.69) is 69.5 Å². The molecule has 30 heavy (non-hydrogen) atoms. The van der Waals surface area contributed by atoms with E-state index in [0.29, 0.717) is 0 Å². The van der Waals surface area contributed by atoms with Crippen LogP contribution in [-0.4, -0.2) is 146 Å². The second-order valence-electron chi connectivity index (χ2n) is 9.99. The van der Waals surface area contributed by atoms with Crippen LogP contribution in [0, 0.1) is 0 Å². The van der Waals surface area contributed by atoms with Crippen molar-refractivity contribution >= 4 is 18.1 Å². The van der Waals surface area contributed by atoms with E-state index >= 15 is 0 Å². The van der Waals surface area contributed by atoms with Gasteiger partial charge in [0.25, 0.3) is 8.56 Å². The maximum absolute atomic E-state index is 3.04. The van der Waals surface area contributed by atoms with Gasteiger partial charge in [0.1, 0.15) is 0 Å². The maximum Gasteiger partial charge on any atom is 0.289 e. The number of hydrogen-bond acceptors (Lipinski definition) is 6. The van der Waals surface area contributed by atoms with Crippen molar-refractivity contribution in [2.45, 2.75) is 32.4 Å². The minimum Gasteiger partial charge on any atom is -0.304 e. The lowest BCUT2D eigenvalue weighted by Gasteiger charge is -2.58. The van der Waals surface area contributed by atoms with Crippen LogP contribution < -0.4 is 0 Å². The molecule has 0 aliphatic carbocycles. The Balaban J connectivity index is 1.83. The van der Waals surface area contributed by atoms with Gasteiger partial charge in [0.05, 0.1) is 0 Å². The summed E-state index contributed by atoms with van der Waals surface area (Å²) in [5.41, 5.74) is 0. The van der Waals surface area contributed by atoms with Crippen molar-refractivity contribution in [1.29, 1.82) is 0 Å². The van der Waals surface area contributed by atoms with Gasteiger partial charge in [-0.1, -0.05) is 23.7 Å². The van der Waals surface area contributed by atoms with Crippen LogP contribution in [-0.2, 0) is 0 Å². The zero-order valence-electron chi connectivity index (χ0n) is 20.6. The van der Waals surface area contributed by atoms with Gasteiger partial charge in [-0.15, -0.1) is 0 Å². The highest BCUT2D eigenvalue weighted by molar-refractivity contribution is 6.72. The van der Waals surface area contributed by atoms with Crippen molar-refractivity contribution in [3.8, 4) is 0 Å². The van der Waals surface area contributed by atoms with Gasteiger partial charge in [0.2, 0.25) is 0 Å². The predicted octanol–water partition coefficient (Wildman–Crippen LogP) is 0.568. The maximum atomic E-state index is 3.04. The highest BCUT2D eigenvalue weighted by Crippen LogP contribution is 2.30. The summed E-state index contributed by atoms with van der Waals surface area (Å²) >= 11 is 0. The van der Waals surface area contributed by atoms with Gasteiger partial charge in [0.15, 0.2) is 0 Å². The normalized spacial score (nSPS) is 26.2. The minimum atomic E-state index is -1.84. The first kappa shape index (κ1) is 24.6. The Hall–Kier alpha value is -0.0662. The number of hydrogen-bond donors (Lipinski definition) is 0. The fraction of sp³-hybridized carbons (Fsp3) is 0.909. The Morgan fingerprint density at radius 3 is 1.40 bits per heavy atom. The number of rotatable bonds is 8. The van der Waals surface area contributed by atoms with E-state index in [0.717, 1.165) is 0 Å². The lowest BCUT2D eigenvalue weighted by molar-refractivity contribution is 0.120. The summed E-state index contributed by atoms with van der Waals surface area (Å²) in [4.78, 5) is 7.60. The van der Waals surface area contributed by atoms with Gasteiger partial charge in [-0.25, -0.2) is 0 Å². The summed E-state index contributed by atoms with van der Waals surface area (Å²) in [5, 5.41) is 1.70. The molecule has 174 valence electrons. The van der Waals surface area contributed by atoms with Crippen molar-refractivity contribution in [3.63, 3.8) is 0 Å². The molecule has 3 aliphatic heterocycles. The number of piperazine rings is 3. The Kier molecular flexibility index (Phi) is 9.58. The Bertz CT molecular complexity index is 481. The molecule has 0 aromatic carbocycles. The minimum absolute atomic E-state index is 0.0408. The van der Waals surface area contributed by atoms with Gasteiger partial charge < -0.3 is 14.7 Å². The van der Waals surface area contributed by atoms with Crippen LogP contribution in [0.2, 0.25) is 12.1 Å². The molecule has 3 aliphatic rings. The van der Waals surface area contributed by atoms with Gasteiger partial charge in [-0.3, -0.25) is 13.7 Å². The van der Waals surface area contributed by atoms with Crippen LogP contribution in [0.15, 0.2) is 11.3 Å². The third-order valence-corrected chi connectivity index (χ3v) is 15.3. The lowest BCUT2D eigenvalue weighted by atomic mass is 10.4. The molecule has 0 atom stereocenters. The number of allylic oxidation sites excluding steroid dienone is 2. The van der Waals surface area contributed by atoms with Crippen molar-refractivity contribution in [2.24, 2.45) is 0 Å². The Morgan fingerprint density at radius 1 is 0.700 bits per heavy atom. The molecule has 0 N–H and O–H groups in total. The van der Waals surface area contributed by atoms with Crippen LogP contribution in [0.25, 0.3) is 0 Å². The van der Waals surface area contributed by atoms with Crippen LogP contribution in [0.5, 0.6) is 0 Å². The molecule has 0 bridgehead atoms. The highest BCUT2D eigenvalue weighted by Gasteiger charge is 2.52. The van der Waals surface area contributed by atoms with E-state index in [9.17, 15) is 0 Å². The molecule has 0 spiro atoms. The molecular weight excluding hydrogens is 404 g/mol. The molecular formula is C22H48N6Si2. The van der Waals surface area contributed by atoms with Crippen LogP contribution in [0.1, 0.15) is 20.3 Å². The third kappa shape index (κ3) is 6.04. The van der Waals surface area contributed by atoms with E-state index in [-0.39, 0.29) is 9.52 Å². The SMILES string of the molecule is CC=C(C)[SiH2]CCC[Si](N1CCN(C)CC1)(N1CCN(C)CC1)N1CCN(C)CC1. The number of likely N-dealkylation sites (N-methyl/N-ethyl adjacent to an activating group) is 3. The zero-order chi connectivity index (χ0) is 21.6. The molecule has 8 heteroatoms. The molecule has 3 rings (SSSR count). The van der Waals surface area contributed by atoms with Crippen molar-refractivity contribution in [2.75, 3.05) is 99.7 Å². The fourth-order valence-corrected chi connectivity index (χ4v) is 12.9. The highest BCUT2D eigenvalue weighted by atomic mass is 28.4. The molecule has 0 radical (unpaired) electrons. The average molecular weight is 453 g/mol. The van der Waals surface area contributed by atoms with E-state index in [4.69, 9.17) is 0 Å². The molecule has 0 unspecified atom stereocenters. The molecule has 3 heterocycles. The molecule has 0 aromatic heterocycles. The Labute approximate surface area is 189 Å². The summed E-state index contributed by atoms with van der Waals surface area (Å²) in [6.07, 6.45) is 3.80. The summed E-state index contributed by atoms with van der Waals surface area (Å²) in [6, 6.07) is 2.94. The molecule has 0 amide bonds. The first-order chi connectivity index (χ1) is 14.5. The van der Waals surface area contributed by atoms with E-state index in [1.54, 1.807) is 5.20 Å². The second kappa shape index (κ2) is 11.7.